The summed E-state index contributed by atoms with van der Waals surface area (Å²) in [5.74, 6) is -2.10. The number of H-pyrrole nitrogens is 1. The van der Waals surface area contributed by atoms with Crippen molar-refractivity contribution >= 4 is 30.9 Å². The smallest absolute Gasteiger partial charge is 0.390 e. The van der Waals surface area contributed by atoms with Gasteiger partial charge in [0.05, 0.1) is 36.9 Å². The van der Waals surface area contributed by atoms with Crippen LogP contribution in [0.2, 0.25) is 0 Å². The number of nitrogens with one attached hydrogen (secondary N) is 2. The van der Waals surface area contributed by atoms with Gasteiger partial charge in [0.1, 0.15) is 6.23 Å². The van der Waals surface area contributed by atoms with Gasteiger partial charge in [-0.05, 0) is 79.6 Å². The predicted molar refractivity (Wildman–Crippen MR) is 188 cm³/mol. The summed E-state index contributed by atoms with van der Waals surface area (Å²) >= 11 is 6.13. The average Bonchev–Trinajstić information content (AvgIpc) is 3.36. The number of aliphatic hydroxyl groups is 1. The Morgan fingerprint density at radius 2 is 1.76 bits per heavy atom. The molecule has 49 heavy (non-hydrogen) atoms. The van der Waals surface area contributed by atoms with Gasteiger partial charge < -0.3 is 19.7 Å². The molecule has 4 unspecified atom stereocenters. The van der Waals surface area contributed by atoms with Crippen LogP contribution in [-0.2, 0) is 14.1 Å². The zero-order valence-corrected chi connectivity index (χ0v) is 31.9. The molecule has 0 spiro atoms. The minimum absolute atomic E-state index is 0.0103. The summed E-state index contributed by atoms with van der Waals surface area (Å²) in [4.78, 5) is 39.0. The van der Waals surface area contributed by atoms with Gasteiger partial charge in [-0.15, -0.1) is 0 Å². The molecule has 0 bridgehead atoms. The summed E-state index contributed by atoms with van der Waals surface area (Å²) in [6.45, 7) is 22.5. The van der Waals surface area contributed by atoms with Gasteiger partial charge in [0.25, 0.3) is 5.56 Å². The summed E-state index contributed by atoms with van der Waals surface area (Å²) in [6, 6.07) is 4.13. The Bertz CT molecular complexity index is 1290. The number of ether oxygens (including phenoxy) is 1. The largest absolute Gasteiger partial charge is 0.471 e. The number of aliphatic hydroxyl groups excluding tert-OH is 1. The van der Waals surface area contributed by atoms with E-state index in [9.17, 15) is 32.7 Å². The third-order valence-corrected chi connectivity index (χ3v) is 9.69. The minimum atomic E-state index is -4.99. The van der Waals surface area contributed by atoms with E-state index in [-0.39, 0.29) is 12.0 Å². The van der Waals surface area contributed by atoms with Crippen molar-refractivity contribution in [2.45, 2.75) is 137 Å². The van der Waals surface area contributed by atoms with Gasteiger partial charge in [-0.2, -0.15) is 18.4 Å². The van der Waals surface area contributed by atoms with Crippen molar-refractivity contribution < 1.29 is 32.3 Å². The van der Waals surface area contributed by atoms with Gasteiger partial charge in [0.2, 0.25) is 7.65 Å². The molecule has 282 valence electrons. The van der Waals surface area contributed by atoms with Crippen molar-refractivity contribution in [3.8, 4) is 6.07 Å². The Hall–Kier alpha value is -2.31. The second-order valence-electron chi connectivity index (χ2n) is 12.3. The fraction of sp³-hybridized carbons (Fsp3) is 0.750. The number of halogens is 4. The van der Waals surface area contributed by atoms with E-state index in [1.54, 1.807) is 5.32 Å². The third-order valence-electron chi connectivity index (χ3n) is 7.19. The molecular formula is C32H55ClF3N6O6P. The van der Waals surface area contributed by atoms with Gasteiger partial charge >= 0.3 is 17.8 Å². The highest BCUT2D eigenvalue weighted by molar-refractivity contribution is 7.78. The Morgan fingerprint density at radius 3 is 2.16 bits per heavy atom. The van der Waals surface area contributed by atoms with E-state index in [2.05, 4.69) is 76.9 Å². The van der Waals surface area contributed by atoms with Crippen LogP contribution in [0.15, 0.2) is 21.9 Å². The predicted octanol–water partition coefficient (Wildman–Crippen LogP) is 5.91. The van der Waals surface area contributed by atoms with Crippen molar-refractivity contribution in [2.24, 2.45) is 0 Å². The van der Waals surface area contributed by atoms with Crippen LogP contribution >= 0.6 is 18.9 Å². The van der Waals surface area contributed by atoms with E-state index < -0.39 is 56.0 Å². The summed E-state index contributed by atoms with van der Waals surface area (Å²) in [5, 5.41) is 19.8. The molecule has 0 saturated carbocycles. The van der Waals surface area contributed by atoms with Crippen molar-refractivity contribution in [3.05, 3.63) is 38.7 Å². The highest BCUT2D eigenvalue weighted by atomic mass is 35.7. The summed E-state index contributed by atoms with van der Waals surface area (Å²) < 4.78 is 50.4. The molecule has 12 nitrogen and oxygen atoms in total. The van der Waals surface area contributed by atoms with Gasteiger partial charge in [0.15, 0.2) is 0 Å². The van der Waals surface area contributed by atoms with E-state index in [0.717, 1.165) is 17.2 Å². The molecule has 0 aromatic carbocycles. The van der Waals surface area contributed by atoms with Gasteiger partial charge in [-0.25, -0.2) is 9.46 Å². The number of rotatable bonds is 14. The SMILES string of the molecule is CC(C)N(C(C)C)P(Cl)OCCC#N.CCC1OC(n2cc(/C=C/CNC(=O)C(F)(F)F)c(=O)[nH]c2=O)CC1O.CCN(C(C)C)C(C)C. The fourth-order valence-electron chi connectivity index (χ4n) is 5.04. The molecule has 1 aromatic rings. The van der Waals surface area contributed by atoms with Gasteiger partial charge in [0, 0.05) is 43.3 Å². The van der Waals surface area contributed by atoms with E-state index in [1.165, 1.54) is 12.3 Å². The average molecular weight is 743 g/mol. The molecule has 4 atom stereocenters. The lowest BCUT2D eigenvalue weighted by Crippen LogP contribution is -2.36. The summed E-state index contributed by atoms with van der Waals surface area (Å²) in [6.07, 6.45) is -2.33. The van der Waals surface area contributed by atoms with Crippen LogP contribution in [0.25, 0.3) is 6.08 Å². The van der Waals surface area contributed by atoms with E-state index in [1.807, 2.05) is 13.0 Å². The maximum absolute atomic E-state index is 12.1. The van der Waals surface area contributed by atoms with Crippen LogP contribution in [0.1, 0.15) is 100 Å². The lowest BCUT2D eigenvalue weighted by molar-refractivity contribution is -0.173. The van der Waals surface area contributed by atoms with Crippen LogP contribution in [0.3, 0.4) is 0 Å². The Kier molecular flexibility index (Phi) is 22.1. The van der Waals surface area contributed by atoms with E-state index >= 15 is 0 Å². The number of amides is 1. The molecule has 0 aliphatic carbocycles. The minimum Gasteiger partial charge on any atom is -0.390 e. The number of aromatic nitrogens is 2. The zero-order valence-electron chi connectivity index (χ0n) is 30.3. The van der Waals surface area contributed by atoms with Gasteiger partial charge in [-0.3, -0.25) is 24.0 Å². The summed E-state index contributed by atoms with van der Waals surface area (Å²) in [7, 11) is -1.08. The Labute approximate surface area is 294 Å². The molecule has 2 rings (SSSR count). The van der Waals surface area contributed by atoms with Crippen LogP contribution in [0.5, 0.6) is 0 Å². The van der Waals surface area contributed by atoms with Crippen molar-refractivity contribution in [1.29, 1.82) is 5.26 Å². The first-order valence-corrected chi connectivity index (χ1v) is 18.5. The third kappa shape index (κ3) is 17.0. The van der Waals surface area contributed by atoms with Crippen molar-refractivity contribution in [1.82, 2.24) is 24.4 Å². The Balaban J connectivity index is 0.000000838. The topological polar surface area (TPSA) is 153 Å². The van der Waals surface area contributed by atoms with Crippen molar-refractivity contribution in [2.75, 3.05) is 19.7 Å². The van der Waals surface area contributed by atoms with Crippen LogP contribution in [0, 0.1) is 11.3 Å². The molecule has 1 amide bonds. The highest BCUT2D eigenvalue weighted by Gasteiger charge is 2.38. The molecule has 1 aliphatic heterocycles. The lowest BCUT2D eigenvalue weighted by Gasteiger charge is -2.32. The van der Waals surface area contributed by atoms with E-state index in [4.69, 9.17) is 25.8 Å². The first-order chi connectivity index (χ1) is 22.7. The molecule has 1 fully saturated rings. The molecule has 3 N–H and O–H groups in total. The first-order valence-electron chi connectivity index (χ1n) is 16.4. The molecule has 1 aromatic heterocycles. The highest BCUT2D eigenvalue weighted by Crippen LogP contribution is 2.49. The molecule has 2 heterocycles. The second-order valence-corrected chi connectivity index (χ2v) is 14.3. The van der Waals surface area contributed by atoms with E-state index in [0.29, 0.717) is 43.6 Å². The molecular weight excluding hydrogens is 688 g/mol. The molecule has 1 saturated heterocycles. The number of nitriles is 1. The maximum atomic E-state index is 12.1. The maximum Gasteiger partial charge on any atom is 0.471 e. The number of hydrogen-bond donors (Lipinski definition) is 3. The van der Waals surface area contributed by atoms with Crippen LogP contribution in [-0.4, -0.2) is 92.4 Å². The second kappa shape index (κ2) is 23.2. The molecule has 17 heteroatoms. The number of carbonyl (C=O) groups is 1. The summed E-state index contributed by atoms with van der Waals surface area (Å²) in [5.41, 5.74) is -1.48. The quantitative estimate of drug-likeness (QED) is 0.156. The fourth-order valence-corrected chi connectivity index (χ4v) is 7.40. The van der Waals surface area contributed by atoms with Crippen molar-refractivity contribution in [3.63, 3.8) is 0 Å². The monoisotopic (exact) mass is 742 g/mol. The Morgan fingerprint density at radius 1 is 1.18 bits per heavy atom. The molecule has 0 radical (unpaired) electrons. The number of hydrogen-bond acceptors (Lipinski definition) is 9. The first kappa shape index (κ1) is 46.7. The number of alkyl halides is 3. The number of carbonyl (C=O) groups excluding carboxylic acids is 1. The standard InChI is InChI=1S/C15H18F3N3O5.C9H18ClN2OP.C8H19N/c1-2-10-9(22)6-11(26-10)21-7-8(12(23)20-14(21)25)4-3-5-19-13(24)15(16,17)18;1-8(2)12(9(3)4)14(10)13-7-5-6-11;1-6-9(7(2)3)8(4)5/h3-4,7,9-11,22H,2,5-6H2,1H3,(H,19,24)(H,20,23,25);8-9H,5,7H2,1-4H3;7-8H,6H2,1-5H3/b4-3+;;. The number of nitrogens with zero attached hydrogens (tertiary/aromatic N) is 4. The van der Waals surface area contributed by atoms with Crippen LogP contribution < -0.4 is 16.6 Å². The number of aromatic amines is 1. The molecule has 1 aliphatic rings. The van der Waals surface area contributed by atoms with Gasteiger partial charge in [-0.1, -0.05) is 26.0 Å². The van der Waals surface area contributed by atoms with Crippen LogP contribution in [0.4, 0.5) is 13.2 Å². The zero-order chi connectivity index (χ0) is 38.1. The normalized spacial score (nSPS) is 18.6. The lowest BCUT2D eigenvalue weighted by atomic mass is 10.1.